The number of amides is 1. The van der Waals surface area contributed by atoms with Crippen molar-refractivity contribution in [2.24, 2.45) is 12.1 Å². The number of aryl methyl sites for hydroxylation is 1. The second-order valence-corrected chi connectivity index (χ2v) is 7.21. The zero-order valence-electron chi connectivity index (χ0n) is 14.3. The lowest BCUT2D eigenvalue weighted by molar-refractivity contribution is -0.118. The molecule has 1 aromatic heterocycles. The standard InChI is InChI=1S/C18H17BrN4O2S/c1-23-15-6-4-3-5-14(15)21-18(23)26-11-17(24)22-20-10-12-7-8-16(25-2)13(19)9-12/h3-10H,11H2,1-2H3,(H,22,24)/b20-10+. The molecule has 0 aliphatic rings. The Hall–Kier alpha value is -2.32. The van der Waals surface area contributed by atoms with Gasteiger partial charge in [-0.25, -0.2) is 10.4 Å². The molecule has 1 amide bonds. The van der Waals surface area contributed by atoms with Crippen LogP contribution in [0.25, 0.3) is 11.0 Å². The van der Waals surface area contributed by atoms with Crippen LogP contribution in [-0.4, -0.2) is 34.5 Å². The zero-order chi connectivity index (χ0) is 18.5. The molecule has 0 spiro atoms. The third-order valence-electron chi connectivity index (χ3n) is 3.66. The van der Waals surface area contributed by atoms with E-state index in [1.54, 1.807) is 13.3 Å². The Kier molecular flexibility index (Phi) is 5.95. The van der Waals surface area contributed by atoms with Crippen LogP contribution in [0.5, 0.6) is 5.75 Å². The molecule has 2 aromatic carbocycles. The van der Waals surface area contributed by atoms with E-state index in [2.05, 4.69) is 31.4 Å². The van der Waals surface area contributed by atoms with Gasteiger partial charge in [0.25, 0.3) is 5.91 Å². The average Bonchev–Trinajstić information content (AvgIpc) is 2.96. The van der Waals surface area contributed by atoms with Crippen molar-refractivity contribution in [2.45, 2.75) is 5.16 Å². The topological polar surface area (TPSA) is 68.5 Å². The smallest absolute Gasteiger partial charge is 0.250 e. The number of carbonyl (C=O) groups excluding carboxylic acids is 1. The van der Waals surface area contributed by atoms with Crippen LogP contribution in [0.2, 0.25) is 0 Å². The number of para-hydroxylation sites is 2. The molecule has 26 heavy (non-hydrogen) atoms. The summed E-state index contributed by atoms with van der Waals surface area (Å²) in [6.45, 7) is 0. The van der Waals surface area contributed by atoms with Crippen molar-refractivity contribution in [3.8, 4) is 5.75 Å². The number of nitrogens with zero attached hydrogens (tertiary/aromatic N) is 3. The van der Waals surface area contributed by atoms with E-state index in [1.807, 2.05) is 54.1 Å². The number of imidazole rings is 1. The third kappa shape index (κ3) is 4.25. The quantitative estimate of drug-likeness (QED) is 0.367. The van der Waals surface area contributed by atoms with Gasteiger partial charge in [0.1, 0.15) is 5.75 Å². The largest absolute Gasteiger partial charge is 0.496 e. The molecule has 0 aliphatic carbocycles. The van der Waals surface area contributed by atoms with Gasteiger partial charge < -0.3 is 9.30 Å². The van der Waals surface area contributed by atoms with E-state index in [-0.39, 0.29) is 11.7 Å². The number of hydrogen-bond acceptors (Lipinski definition) is 5. The molecule has 8 heteroatoms. The number of benzene rings is 2. The Labute approximate surface area is 163 Å². The summed E-state index contributed by atoms with van der Waals surface area (Å²) in [4.78, 5) is 16.5. The minimum atomic E-state index is -0.189. The molecule has 0 aliphatic heterocycles. The molecule has 0 saturated carbocycles. The van der Waals surface area contributed by atoms with Gasteiger partial charge in [0, 0.05) is 7.05 Å². The molecule has 0 bridgehead atoms. The van der Waals surface area contributed by atoms with E-state index in [9.17, 15) is 4.79 Å². The number of carbonyl (C=O) groups is 1. The van der Waals surface area contributed by atoms with Crippen molar-refractivity contribution in [3.63, 3.8) is 0 Å². The molecular weight excluding hydrogens is 416 g/mol. The lowest BCUT2D eigenvalue weighted by atomic mass is 10.2. The molecule has 0 fully saturated rings. The maximum absolute atomic E-state index is 12.0. The van der Waals surface area contributed by atoms with Gasteiger partial charge in [-0.2, -0.15) is 5.10 Å². The minimum absolute atomic E-state index is 0.189. The van der Waals surface area contributed by atoms with E-state index in [0.29, 0.717) is 0 Å². The van der Waals surface area contributed by atoms with Crippen molar-refractivity contribution < 1.29 is 9.53 Å². The van der Waals surface area contributed by atoms with Gasteiger partial charge in [-0.1, -0.05) is 23.9 Å². The molecular formula is C18H17BrN4O2S. The SMILES string of the molecule is COc1ccc(/C=N/NC(=O)CSc2nc3ccccc3n2C)cc1Br. The molecule has 0 unspecified atom stereocenters. The summed E-state index contributed by atoms with van der Waals surface area (Å²) in [5.41, 5.74) is 5.33. The van der Waals surface area contributed by atoms with Gasteiger partial charge in [0.2, 0.25) is 0 Å². The molecule has 0 saturated heterocycles. The summed E-state index contributed by atoms with van der Waals surface area (Å²) in [6.07, 6.45) is 1.59. The highest BCUT2D eigenvalue weighted by Crippen LogP contribution is 2.25. The summed E-state index contributed by atoms with van der Waals surface area (Å²) >= 11 is 4.79. The van der Waals surface area contributed by atoms with Crippen molar-refractivity contribution in [1.82, 2.24) is 15.0 Å². The Morgan fingerprint density at radius 1 is 1.38 bits per heavy atom. The molecule has 0 atom stereocenters. The van der Waals surface area contributed by atoms with E-state index in [1.165, 1.54) is 11.8 Å². The first kappa shape index (κ1) is 18.5. The molecule has 3 rings (SSSR count). The van der Waals surface area contributed by atoms with E-state index < -0.39 is 0 Å². The number of ether oxygens (including phenoxy) is 1. The number of fused-ring (bicyclic) bond motifs is 1. The highest BCUT2D eigenvalue weighted by Gasteiger charge is 2.09. The number of halogens is 1. The van der Waals surface area contributed by atoms with Crippen LogP contribution < -0.4 is 10.2 Å². The Morgan fingerprint density at radius 2 is 2.19 bits per heavy atom. The molecule has 3 aromatic rings. The fourth-order valence-corrected chi connectivity index (χ4v) is 3.69. The van der Waals surface area contributed by atoms with Crippen LogP contribution in [0.4, 0.5) is 0 Å². The molecule has 134 valence electrons. The third-order valence-corrected chi connectivity index (χ3v) is 5.31. The second kappa shape index (κ2) is 8.37. The normalized spacial score (nSPS) is 11.2. The molecule has 1 heterocycles. The van der Waals surface area contributed by atoms with Crippen LogP contribution in [0.15, 0.2) is 57.2 Å². The van der Waals surface area contributed by atoms with Gasteiger partial charge in [0.05, 0.1) is 34.6 Å². The van der Waals surface area contributed by atoms with E-state index in [0.717, 1.165) is 32.0 Å². The summed E-state index contributed by atoms with van der Waals surface area (Å²) in [5, 5.41) is 4.78. The maximum atomic E-state index is 12.0. The number of nitrogens with one attached hydrogen (secondary N) is 1. The van der Waals surface area contributed by atoms with Crippen LogP contribution in [-0.2, 0) is 11.8 Å². The summed E-state index contributed by atoms with van der Waals surface area (Å²) in [5.74, 6) is 0.789. The van der Waals surface area contributed by atoms with E-state index in [4.69, 9.17) is 4.74 Å². The first-order valence-corrected chi connectivity index (χ1v) is 9.56. The molecule has 0 radical (unpaired) electrons. The van der Waals surface area contributed by atoms with Crippen molar-refractivity contribution >= 4 is 50.8 Å². The van der Waals surface area contributed by atoms with Crippen LogP contribution in [0.3, 0.4) is 0 Å². The Bertz CT molecular complexity index is 971. The van der Waals surface area contributed by atoms with Crippen molar-refractivity contribution in [2.75, 3.05) is 12.9 Å². The minimum Gasteiger partial charge on any atom is -0.496 e. The fourth-order valence-electron chi connectivity index (χ4n) is 2.36. The van der Waals surface area contributed by atoms with Gasteiger partial charge in [-0.05, 0) is 51.8 Å². The van der Waals surface area contributed by atoms with Gasteiger partial charge in [0.15, 0.2) is 5.16 Å². The average molecular weight is 433 g/mol. The number of aromatic nitrogens is 2. The first-order chi connectivity index (χ1) is 12.6. The predicted octanol–water partition coefficient (Wildman–Crippen LogP) is 3.59. The number of methoxy groups -OCH3 is 1. The maximum Gasteiger partial charge on any atom is 0.250 e. The Balaban J connectivity index is 1.55. The van der Waals surface area contributed by atoms with Crippen molar-refractivity contribution in [3.05, 3.63) is 52.5 Å². The lowest BCUT2D eigenvalue weighted by Gasteiger charge is -2.03. The van der Waals surface area contributed by atoms with Gasteiger partial charge >= 0.3 is 0 Å². The molecule has 1 N–H and O–H groups in total. The van der Waals surface area contributed by atoms with Crippen LogP contribution >= 0.6 is 27.7 Å². The van der Waals surface area contributed by atoms with Crippen molar-refractivity contribution in [1.29, 1.82) is 0 Å². The highest BCUT2D eigenvalue weighted by molar-refractivity contribution is 9.10. The highest BCUT2D eigenvalue weighted by atomic mass is 79.9. The lowest BCUT2D eigenvalue weighted by Crippen LogP contribution is -2.19. The number of rotatable bonds is 6. The summed E-state index contributed by atoms with van der Waals surface area (Å²) < 4.78 is 7.98. The predicted molar refractivity (Wildman–Crippen MR) is 108 cm³/mol. The number of hydrogen-bond donors (Lipinski definition) is 1. The van der Waals surface area contributed by atoms with Crippen LogP contribution in [0, 0.1) is 0 Å². The fraction of sp³-hybridized carbons (Fsp3) is 0.167. The molecule has 6 nitrogen and oxygen atoms in total. The first-order valence-electron chi connectivity index (χ1n) is 7.78. The van der Waals surface area contributed by atoms with Gasteiger partial charge in [-0.3, -0.25) is 4.79 Å². The number of thioether (sulfide) groups is 1. The second-order valence-electron chi connectivity index (χ2n) is 5.42. The Morgan fingerprint density at radius 3 is 2.92 bits per heavy atom. The van der Waals surface area contributed by atoms with E-state index >= 15 is 0 Å². The van der Waals surface area contributed by atoms with Crippen LogP contribution in [0.1, 0.15) is 5.56 Å². The zero-order valence-corrected chi connectivity index (χ0v) is 16.7. The summed E-state index contributed by atoms with van der Waals surface area (Å²) in [6, 6.07) is 13.4. The summed E-state index contributed by atoms with van der Waals surface area (Å²) in [7, 11) is 3.55. The van der Waals surface area contributed by atoms with Gasteiger partial charge in [-0.15, -0.1) is 0 Å². The number of hydrazone groups is 1. The monoisotopic (exact) mass is 432 g/mol.